The summed E-state index contributed by atoms with van der Waals surface area (Å²) >= 11 is 1.70. The molecule has 1 aliphatic rings. The Balaban J connectivity index is 1.83. The van der Waals surface area contributed by atoms with Crippen LogP contribution in [0.3, 0.4) is 0 Å². The Bertz CT molecular complexity index is 960. The van der Waals surface area contributed by atoms with Crippen LogP contribution in [0.15, 0.2) is 6.33 Å². The Kier molecular flexibility index (Phi) is 4.60. The summed E-state index contributed by atoms with van der Waals surface area (Å²) in [6, 6.07) is 0. The highest BCUT2D eigenvalue weighted by Gasteiger charge is 2.27. The van der Waals surface area contributed by atoms with Crippen molar-refractivity contribution in [2.75, 3.05) is 26.3 Å². The number of nitrogens with zero attached hydrogens (tertiary/aromatic N) is 5. The van der Waals surface area contributed by atoms with Gasteiger partial charge in [-0.2, -0.15) is 0 Å². The van der Waals surface area contributed by atoms with Crippen molar-refractivity contribution >= 4 is 33.1 Å². The van der Waals surface area contributed by atoms with E-state index in [1.165, 1.54) is 21.8 Å². The third-order valence-corrected chi connectivity index (χ3v) is 6.07. The second-order valence-corrected chi connectivity index (χ2v) is 7.68. The number of hydrogen-bond acceptors (Lipinski definition) is 7. The molecule has 3 aromatic rings. The van der Waals surface area contributed by atoms with Gasteiger partial charge in [-0.25, -0.2) is 14.5 Å². The maximum Gasteiger partial charge on any atom is 0.293 e. The molecule has 1 aliphatic carbocycles. The molecular formula is C17H21N5O3S. The normalized spacial score (nSPS) is 17.0. The van der Waals surface area contributed by atoms with Gasteiger partial charge in [0.2, 0.25) is 5.82 Å². The van der Waals surface area contributed by atoms with E-state index < -0.39 is 5.91 Å². The molecule has 0 saturated heterocycles. The van der Waals surface area contributed by atoms with Gasteiger partial charge in [0.15, 0.2) is 5.65 Å². The molecular weight excluding hydrogens is 354 g/mol. The molecule has 2 N–H and O–H groups in total. The van der Waals surface area contributed by atoms with Crippen molar-refractivity contribution in [3.05, 3.63) is 22.6 Å². The van der Waals surface area contributed by atoms with Crippen LogP contribution in [0, 0.1) is 0 Å². The lowest BCUT2D eigenvalue weighted by Gasteiger charge is -2.18. The van der Waals surface area contributed by atoms with Gasteiger partial charge >= 0.3 is 0 Å². The van der Waals surface area contributed by atoms with E-state index in [0.717, 1.165) is 23.1 Å². The number of carbonyl (C=O) groups excluding carboxylic acids is 1. The van der Waals surface area contributed by atoms with Gasteiger partial charge in [0.25, 0.3) is 5.91 Å². The lowest BCUT2D eigenvalue weighted by atomic mass is 9.87. The standard InChI is InChI=1S/C17H21N5O3S/c1-10-3-2-4-11-12(10)13-15-19-14(17(25)21(5-7-23)6-8-24)20-22(15)9-18-16(13)26-11/h9-10,23-24H,2-8H2,1H3. The zero-order valence-corrected chi connectivity index (χ0v) is 15.4. The number of thiophene rings is 1. The first-order valence-electron chi connectivity index (χ1n) is 8.81. The van der Waals surface area contributed by atoms with Gasteiger partial charge in [0.1, 0.15) is 11.2 Å². The fourth-order valence-electron chi connectivity index (χ4n) is 3.67. The van der Waals surface area contributed by atoms with Gasteiger partial charge in [0.05, 0.1) is 18.6 Å². The van der Waals surface area contributed by atoms with E-state index in [9.17, 15) is 4.79 Å². The summed E-state index contributed by atoms with van der Waals surface area (Å²) in [7, 11) is 0. The molecule has 3 heterocycles. The molecule has 0 saturated carbocycles. The van der Waals surface area contributed by atoms with Crippen LogP contribution in [-0.2, 0) is 6.42 Å². The first kappa shape index (κ1) is 17.3. The van der Waals surface area contributed by atoms with Gasteiger partial charge in [-0.1, -0.05) is 6.92 Å². The van der Waals surface area contributed by atoms with Crippen molar-refractivity contribution in [2.24, 2.45) is 0 Å². The van der Waals surface area contributed by atoms with E-state index >= 15 is 0 Å². The van der Waals surface area contributed by atoms with E-state index in [1.54, 1.807) is 22.2 Å². The summed E-state index contributed by atoms with van der Waals surface area (Å²) < 4.78 is 1.56. The third-order valence-electron chi connectivity index (χ3n) is 4.89. The van der Waals surface area contributed by atoms with Crippen LogP contribution in [0.1, 0.15) is 46.7 Å². The minimum absolute atomic E-state index is 0.0598. The van der Waals surface area contributed by atoms with Crippen LogP contribution in [0.25, 0.3) is 15.9 Å². The fraction of sp³-hybridized carbons (Fsp3) is 0.529. The molecule has 0 aliphatic heterocycles. The highest BCUT2D eigenvalue weighted by Crippen LogP contribution is 2.42. The first-order chi connectivity index (χ1) is 12.6. The molecule has 4 rings (SSSR count). The predicted octanol–water partition coefficient (Wildman–Crippen LogP) is 1.21. The van der Waals surface area contributed by atoms with Crippen LogP contribution in [-0.4, -0.2) is 66.9 Å². The quantitative estimate of drug-likeness (QED) is 0.695. The SMILES string of the molecule is CC1CCCc2sc3ncn4nc(C(=O)N(CCO)CCO)nc4c3c21. The number of aliphatic hydroxyl groups is 2. The van der Waals surface area contributed by atoms with E-state index in [0.29, 0.717) is 11.6 Å². The van der Waals surface area contributed by atoms with Crippen molar-refractivity contribution in [3.63, 3.8) is 0 Å². The molecule has 8 nitrogen and oxygen atoms in total. The van der Waals surface area contributed by atoms with E-state index in [2.05, 4.69) is 22.0 Å². The summed E-state index contributed by atoms with van der Waals surface area (Å²) in [6.07, 6.45) is 4.98. The zero-order valence-electron chi connectivity index (χ0n) is 14.6. The van der Waals surface area contributed by atoms with E-state index in [1.807, 2.05) is 0 Å². The van der Waals surface area contributed by atoms with Crippen molar-refractivity contribution in [3.8, 4) is 0 Å². The van der Waals surface area contributed by atoms with E-state index in [-0.39, 0.29) is 32.1 Å². The Labute approximate surface area is 154 Å². The largest absolute Gasteiger partial charge is 0.395 e. The average Bonchev–Trinajstić information content (AvgIpc) is 3.22. The predicted molar refractivity (Wildman–Crippen MR) is 97.6 cm³/mol. The maximum atomic E-state index is 12.7. The number of fused-ring (bicyclic) bond motifs is 5. The molecule has 0 spiro atoms. The number of aryl methyl sites for hydroxylation is 1. The number of amides is 1. The maximum absolute atomic E-state index is 12.7. The Morgan fingerprint density at radius 2 is 2.15 bits per heavy atom. The van der Waals surface area contributed by atoms with Crippen LogP contribution >= 0.6 is 11.3 Å². The van der Waals surface area contributed by atoms with Crippen LogP contribution in [0.4, 0.5) is 0 Å². The smallest absolute Gasteiger partial charge is 0.293 e. The van der Waals surface area contributed by atoms with Gasteiger partial charge in [-0.05, 0) is 30.7 Å². The van der Waals surface area contributed by atoms with Crippen molar-refractivity contribution in [2.45, 2.75) is 32.1 Å². The van der Waals surface area contributed by atoms with Crippen molar-refractivity contribution in [1.82, 2.24) is 24.5 Å². The number of rotatable bonds is 5. The Morgan fingerprint density at radius 1 is 1.38 bits per heavy atom. The molecule has 0 aromatic carbocycles. The fourth-order valence-corrected chi connectivity index (χ4v) is 4.97. The van der Waals surface area contributed by atoms with Gasteiger partial charge in [-0.3, -0.25) is 4.79 Å². The summed E-state index contributed by atoms with van der Waals surface area (Å²) in [6.45, 7) is 2.13. The van der Waals surface area contributed by atoms with Gasteiger partial charge in [-0.15, -0.1) is 16.4 Å². The van der Waals surface area contributed by atoms with Gasteiger partial charge < -0.3 is 15.1 Å². The summed E-state index contributed by atoms with van der Waals surface area (Å²) in [5.74, 6) is 0.100. The molecule has 1 atom stereocenters. The molecule has 0 radical (unpaired) electrons. The minimum Gasteiger partial charge on any atom is -0.395 e. The lowest BCUT2D eigenvalue weighted by Crippen LogP contribution is -2.36. The molecule has 3 aromatic heterocycles. The number of carbonyl (C=O) groups is 1. The molecule has 26 heavy (non-hydrogen) atoms. The molecule has 0 bridgehead atoms. The second-order valence-electron chi connectivity index (χ2n) is 6.60. The number of aromatic nitrogens is 4. The van der Waals surface area contributed by atoms with Crippen LogP contribution in [0.5, 0.6) is 0 Å². The van der Waals surface area contributed by atoms with Crippen molar-refractivity contribution < 1.29 is 15.0 Å². The van der Waals surface area contributed by atoms with Crippen LogP contribution < -0.4 is 0 Å². The zero-order chi connectivity index (χ0) is 18.3. The van der Waals surface area contributed by atoms with Crippen molar-refractivity contribution in [1.29, 1.82) is 0 Å². The highest BCUT2D eigenvalue weighted by atomic mass is 32.1. The highest BCUT2D eigenvalue weighted by molar-refractivity contribution is 7.19. The minimum atomic E-state index is -0.401. The number of aliphatic hydroxyl groups excluding tert-OH is 2. The summed E-state index contributed by atoms with van der Waals surface area (Å²) in [4.78, 5) is 25.3. The Hall–Kier alpha value is -2.10. The molecule has 1 unspecified atom stereocenters. The average molecular weight is 375 g/mol. The van der Waals surface area contributed by atoms with Gasteiger partial charge in [0, 0.05) is 18.0 Å². The van der Waals surface area contributed by atoms with Crippen LogP contribution in [0.2, 0.25) is 0 Å². The summed E-state index contributed by atoms with van der Waals surface area (Å²) in [5.41, 5.74) is 1.95. The second kappa shape index (κ2) is 6.90. The molecule has 0 fully saturated rings. The monoisotopic (exact) mass is 375 g/mol. The topological polar surface area (TPSA) is 104 Å². The third kappa shape index (κ3) is 2.76. The summed E-state index contributed by atoms with van der Waals surface area (Å²) in [5, 5.41) is 23.6. The molecule has 138 valence electrons. The Morgan fingerprint density at radius 3 is 2.88 bits per heavy atom. The lowest BCUT2D eigenvalue weighted by molar-refractivity contribution is 0.0673. The molecule has 1 amide bonds. The number of hydrogen-bond donors (Lipinski definition) is 2. The first-order valence-corrected chi connectivity index (χ1v) is 9.63. The molecule has 9 heteroatoms. The van der Waals surface area contributed by atoms with E-state index in [4.69, 9.17) is 10.2 Å².